The Kier molecular flexibility index (Phi) is 2.96. The Bertz CT molecular complexity index is 384. The van der Waals surface area contributed by atoms with Crippen LogP contribution in [0.25, 0.3) is 0 Å². The summed E-state index contributed by atoms with van der Waals surface area (Å²) in [6.45, 7) is 0. The van der Waals surface area contributed by atoms with Gasteiger partial charge in [-0.2, -0.15) is 0 Å². The van der Waals surface area contributed by atoms with Gasteiger partial charge in [0, 0.05) is 0 Å². The summed E-state index contributed by atoms with van der Waals surface area (Å²) in [5.41, 5.74) is 2.20. The molecule has 2 aliphatic carbocycles. The van der Waals surface area contributed by atoms with E-state index in [1.54, 1.807) is 0 Å². The van der Waals surface area contributed by atoms with Crippen LogP contribution in [0.15, 0.2) is 24.3 Å². The van der Waals surface area contributed by atoms with Gasteiger partial charge in [0.05, 0.1) is 5.60 Å². The van der Waals surface area contributed by atoms with Crippen molar-refractivity contribution in [3.8, 4) is 0 Å². The molecular formula is C16H22O. The van der Waals surface area contributed by atoms with Gasteiger partial charge in [-0.05, 0) is 42.7 Å². The van der Waals surface area contributed by atoms with Gasteiger partial charge in [-0.3, -0.25) is 0 Å². The minimum atomic E-state index is -0.469. The molecule has 17 heavy (non-hydrogen) atoms. The molecular weight excluding hydrogens is 208 g/mol. The summed E-state index contributed by atoms with van der Waals surface area (Å²) >= 11 is 0. The monoisotopic (exact) mass is 230 g/mol. The van der Waals surface area contributed by atoms with E-state index in [4.69, 9.17) is 0 Å². The number of hydrogen-bond acceptors (Lipinski definition) is 1. The van der Waals surface area contributed by atoms with Crippen LogP contribution < -0.4 is 0 Å². The van der Waals surface area contributed by atoms with Crippen molar-refractivity contribution < 1.29 is 5.11 Å². The maximum atomic E-state index is 10.4. The molecule has 92 valence electrons. The molecule has 3 rings (SSSR count). The quantitative estimate of drug-likeness (QED) is 0.758. The van der Waals surface area contributed by atoms with Gasteiger partial charge in [-0.25, -0.2) is 0 Å². The fraction of sp³-hybridized carbons (Fsp3) is 0.625. The molecule has 0 unspecified atom stereocenters. The van der Waals surface area contributed by atoms with Crippen LogP contribution in [0.3, 0.4) is 0 Å². The number of hydrogen-bond donors (Lipinski definition) is 1. The van der Waals surface area contributed by atoms with Crippen molar-refractivity contribution in [2.45, 2.75) is 62.9 Å². The molecule has 0 radical (unpaired) electrons. The second-order valence-corrected chi connectivity index (χ2v) is 5.81. The van der Waals surface area contributed by atoms with Gasteiger partial charge in [0.1, 0.15) is 0 Å². The summed E-state index contributed by atoms with van der Waals surface area (Å²) < 4.78 is 0. The first-order chi connectivity index (χ1) is 8.30. The van der Waals surface area contributed by atoms with E-state index < -0.39 is 5.60 Å². The molecule has 2 fully saturated rings. The zero-order chi connectivity index (χ0) is 11.7. The normalized spacial score (nSPS) is 24.3. The Labute approximate surface area is 104 Å². The number of aliphatic hydroxyl groups is 1. The largest absolute Gasteiger partial charge is 0.385 e. The maximum Gasteiger partial charge on any atom is 0.0901 e. The zero-order valence-corrected chi connectivity index (χ0v) is 10.5. The predicted octanol–water partition coefficient (Wildman–Crippen LogP) is 4.11. The summed E-state index contributed by atoms with van der Waals surface area (Å²) in [6, 6.07) is 8.61. The SMILES string of the molecule is OC1(c2ccccc2C2CCCCCC2)CC1. The average molecular weight is 230 g/mol. The van der Waals surface area contributed by atoms with Crippen molar-refractivity contribution in [1.29, 1.82) is 0 Å². The molecule has 2 aliphatic rings. The van der Waals surface area contributed by atoms with Crippen LogP contribution in [-0.4, -0.2) is 5.11 Å². The third-order valence-corrected chi connectivity index (χ3v) is 4.48. The lowest BCUT2D eigenvalue weighted by atomic mass is 9.86. The Morgan fingerprint density at radius 3 is 2.24 bits per heavy atom. The molecule has 0 aliphatic heterocycles. The van der Waals surface area contributed by atoms with Gasteiger partial charge >= 0.3 is 0 Å². The summed E-state index contributed by atoms with van der Waals surface area (Å²) in [7, 11) is 0. The van der Waals surface area contributed by atoms with E-state index in [0.29, 0.717) is 5.92 Å². The first-order valence-electron chi connectivity index (χ1n) is 7.11. The van der Waals surface area contributed by atoms with E-state index in [1.165, 1.54) is 49.7 Å². The predicted molar refractivity (Wildman–Crippen MR) is 70.0 cm³/mol. The van der Waals surface area contributed by atoms with Crippen LogP contribution in [0.5, 0.6) is 0 Å². The molecule has 1 aromatic rings. The fourth-order valence-corrected chi connectivity index (χ4v) is 3.25. The summed E-state index contributed by atoms with van der Waals surface area (Å²) in [4.78, 5) is 0. The number of benzene rings is 1. The smallest absolute Gasteiger partial charge is 0.0901 e. The van der Waals surface area contributed by atoms with Crippen LogP contribution >= 0.6 is 0 Å². The van der Waals surface area contributed by atoms with E-state index >= 15 is 0 Å². The molecule has 0 bridgehead atoms. The Balaban J connectivity index is 1.90. The van der Waals surface area contributed by atoms with Gasteiger partial charge in [-0.1, -0.05) is 49.9 Å². The molecule has 1 heteroatoms. The Morgan fingerprint density at radius 1 is 0.941 bits per heavy atom. The summed E-state index contributed by atoms with van der Waals surface area (Å²) in [6.07, 6.45) is 10.0. The topological polar surface area (TPSA) is 20.2 Å². The fourth-order valence-electron chi connectivity index (χ4n) is 3.25. The molecule has 1 nitrogen and oxygen atoms in total. The molecule has 2 saturated carbocycles. The van der Waals surface area contributed by atoms with Crippen LogP contribution in [0.1, 0.15) is 68.4 Å². The molecule has 0 heterocycles. The third-order valence-electron chi connectivity index (χ3n) is 4.48. The molecule has 1 aromatic carbocycles. The third kappa shape index (κ3) is 2.26. The second kappa shape index (κ2) is 4.45. The standard InChI is InChI=1S/C16H22O/c17-16(11-12-16)15-10-6-5-9-14(15)13-7-3-1-2-4-8-13/h5-6,9-10,13,17H,1-4,7-8,11-12H2. The van der Waals surface area contributed by atoms with Crippen LogP contribution in [0, 0.1) is 0 Å². The maximum absolute atomic E-state index is 10.4. The van der Waals surface area contributed by atoms with E-state index in [2.05, 4.69) is 24.3 Å². The summed E-state index contributed by atoms with van der Waals surface area (Å²) in [5.74, 6) is 0.693. The zero-order valence-electron chi connectivity index (χ0n) is 10.5. The Morgan fingerprint density at radius 2 is 1.59 bits per heavy atom. The molecule has 0 aromatic heterocycles. The second-order valence-electron chi connectivity index (χ2n) is 5.81. The highest BCUT2D eigenvalue weighted by atomic mass is 16.3. The lowest BCUT2D eigenvalue weighted by Gasteiger charge is -2.21. The van der Waals surface area contributed by atoms with Crippen molar-refractivity contribution in [2.24, 2.45) is 0 Å². The van der Waals surface area contributed by atoms with E-state index in [9.17, 15) is 5.11 Å². The van der Waals surface area contributed by atoms with Crippen LogP contribution in [-0.2, 0) is 5.60 Å². The van der Waals surface area contributed by atoms with Crippen LogP contribution in [0.2, 0.25) is 0 Å². The molecule has 0 amide bonds. The Hall–Kier alpha value is -0.820. The minimum Gasteiger partial charge on any atom is -0.385 e. The van der Waals surface area contributed by atoms with E-state index in [0.717, 1.165) is 12.8 Å². The van der Waals surface area contributed by atoms with E-state index in [-0.39, 0.29) is 0 Å². The van der Waals surface area contributed by atoms with Crippen molar-refractivity contribution in [3.05, 3.63) is 35.4 Å². The average Bonchev–Trinajstić information content (AvgIpc) is 3.13. The van der Waals surface area contributed by atoms with Crippen LogP contribution in [0.4, 0.5) is 0 Å². The van der Waals surface area contributed by atoms with Gasteiger partial charge in [-0.15, -0.1) is 0 Å². The van der Waals surface area contributed by atoms with Crippen molar-refractivity contribution >= 4 is 0 Å². The first kappa shape index (κ1) is 11.3. The molecule has 1 N–H and O–H groups in total. The van der Waals surface area contributed by atoms with Crippen molar-refractivity contribution in [1.82, 2.24) is 0 Å². The van der Waals surface area contributed by atoms with Gasteiger partial charge in [0.25, 0.3) is 0 Å². The van der Waals surface area contributed by atoms with Crippen molar-refractivity contribution in [3.63, 3.8) is 0 Å². The first-order valence-corrected chi connectivity index (χ1v) is 7.11. The highest BCUT2D eigenvalue weighted by Crippen LogP contribution is 2.49. The number of rotatable bonds is 2. The molecule has 0 atom stereocenters. The molecule has 0 saturated heterocycles. The lowest BCUT2D eigenvalue weighted by molar-refractivity contribution is 0.149. The highest BCUT2D eigenvalue weighted by molar-refractivity contribution is 5.38. The highest BCUT2D eigenvalue weighted by Gasteiger charge is 2.44. The lowest BCUT2D eigenvalue weighted by Crippen LogP contribution is -2.11. The van der Waals surface area contributed by atoms with E-state index in [1.807, 2.05) is 0 Å². The minimum absolute atomic E-state index is 0.469. The van der Waals surface area contributed by atoms with Gasteiger partial charge in [0.15, 0.2) is 0 Å². The molecule has 0 spiro atoms. The summed E-state index contributed by atoms with van der Waals surface area (Å²) in [5, 5.41) is 10.4. The van der Waals surface area contributed by atoms with Gasteiger partial charge < -0.3 is 5.11 Å². The van der Waals surface area contributed by atoms with Crippen molar-refractivity contribution in [2.75, 3.05) is 0 Å². The van der Waals surface area contributed by atoms with Gasteiger partial charge in [0.2, 0.25) is 0 Å².